The summed E-state index contributed by atoms with van der Waals surface area (Å²) < 4.78 is 12.3. The predicted molar refractivity (Wildman–Crippen MR) is 71.4 cm³/mol. The number of hydroxylamine groups is 2. The smallest absolute Gasteiger partial charge is 0.258 e. The summed E-state index contributed by atoms with van der Waals surface area (Å²) in [5, 5.41) is 9.92. The second-order valence-corrected chi connectivity index (χ2v) is 7.42. The predicted octanol–water partition coefficient (Wildman–Crippen LogP) is 1.88. The number of carbonyl (C=O) groups is 1. The van der Waals surface area contributed by atoms with Crippen LogP contribution in [0.1, 0.15) is 18.4 Å². The highest BCUT2D eigenvalue weighted by molar-refractivity contribution is 7.59. The molecule has 1 heterocycles. The van der Waals surface area contributed by atoms with Crippen molar-refractivity contribution in [3.05, 3.63) is 35.9 Å². The van der Waals surface area contributed by atoms with Crippen molar-refractivity contribution < 1.29 is 19.5 Å². The highest BCUT2D eigenvalue weighted by Crippen LogP contribution is 2.50. The molecular formula is C13H18NO4P. The molecule has 1 aliphatic heterocycles. The Bertz CT molecular complexity index is 491. The fraction of sp³-hybridized carbons (Fsp3) is 0.462. The SMILES string of the molecule is O=C1C(P(=O)(O)CCc2ccccc2)CCCN1O. The van der Waals surface area contributed by atoms with Crippen LogP contribution >= 0.6 is 7.37 Å². The van der Waals surface area contributed by atoms with Crippen LogP contribution in [0, 0.1) is 0 Å². The van der Waals surface area contributed by atoms with Crippen LogP contribution in [0.25, 0.3) is 0 Å². The third-order valence-corrected chi connectivity index (χ3v) is 5.76. The third kappa shape index (κ3) is 3.44. The molecule has 1 aliphatic rings. The molecule has 0 saturated carbocycles. The van der Waals surface area contributed by atoms with Crippen LogP contribution in [0.5, 0.6) is 0 Å². The first-order chi connectivity index (χ1) is 9.00. The molecule has 1 fully saturated rings. The third-order valence-electron chi connectivity index (χ3n) is 3.44. The first-order valence-electron chi connectivity index (χ1n) is 6.36. The van der Waals surface area contributed by atoms with Crippen LogP contribution in [0.3, 0.4) is 0 Å². The second-order valence-electron chi connectivity index (χ2n) is 4.83. The molecule has 0 radical (unpaired) electrons. The van der Waals surface area contributed by atoms with Gasteiger partial charge in [0, 0.05) is 12.7 Å². The Kier molecular flexibility index (Phi) is 4.40. The summed E-state index contributed by atoms with van der Waals surface area (Å²) in [6, 6.07) is 9.41. The van der Waals surface area contributed by atoms with Gasteiger partial charge in [-0.2, -0.15) is 0 Å². The minimum atomic E-state index is -3.58. The summed E-state index contributed by atoms with van der Waals surface area (Å²) >= 11 is 0. The molecule has 19 heavy (non-hydrogen) atoms. The van der Waals surface area contributed by atoms with Crippen LogP contribution in [0.4, 0.5) is 0 Å². The molecule has 1 amide bonds. The molecule has 2 atom stereocenters. The van der Waals surface area contributed by atoms with E-state index in [4.69, 9.17) is 0 Å². The van der Waals surface area contributed by atoms with Gasteiger partial charge in [-0.15, -0.1) is 0 Å². The largest absolute Gasteiger partial charge is 0.344 e. The van der Waals surface area contributed by atoms with Gasteiger partial charge in [0.25, 0.3) is 5.91 Å². The number of nitrogens with zero attached hydrogens (tertiary/aromatic N) is 1. The van der Waals surface area contributed by atoms with E-state index in [9.17, 15) is 19.5 Å². The van der Waals surface area contributed by atoms with Crippen LogP contribution in [-0.4, -0.2) is 39.4 Å². The number of aryl methyl sites for hydroxylation is 1. The lowest BCUT2D eigenvalue weighted by Gasteiger charge is -2.30. The molecule has 2 unspecified atom stereocenters. The highest BCUT2D eigenvalue weighted by atomic mass is 31.2. The van der Waals surface area contributed by atoms with Crippen molar-refractivity contribution in [3.8, 4) is 0 Å². The lowest BCUT2D eigenvalue weighted by Crippen LogP contribution is -2.42. The summed E-state index contributed by atoms with van der Waals surface area (Å²) in [7, 11) is -3.58. The Morgan fingerprint density at radius 3 is 2.68 bits per heavy atom. The van der Waals surface area contributed by atoms with Gasteiger partial charge in [0.15, 0.2) is 0 Å². The Hall–Kier alpha value is -1.16. The summed E-state index contributed by atoms with van der Waals surface area (Å²) in [5.74, 6) is -0.620. The van der Waals surface area contributed by atoms with Gasteiger partial charge < -0.3 is 4.89 Å². The number of carbonyl (C=O) groups excluding carboxylic acids is 1. The number of hydrogen-bond acceptors (Lipinski definition) is 3. The van der Waals surface area contributed by atoms with Crippen molar-refractivity contribution in [1.82, 2.24) is 5.06 Å². The van der Waals surface area contributed by atoms with Gasteiger partial charge in [-0.1, -0.05) is 30.3 Å². The van der Waals surface area contributed by atoms with Gasteiger partial charge in [0.05, 0.1) is 0 Å². The Balaban J connectivity index is 2.01. The van der Waals surface area contributed by atoms with Gasteiger partial charge >= 0.3 is 0 Å². The maximum Gasteiger partial charge on any atom is 0.258 e. The lowest BCUT2D eigenvalue weighted by atomic mass is 10.1. The fourth-order valence-electron chi connectivity index (χ4n) is 2.30. The molecule has 0 spiro atoms. The Labute approximate surface area is 112 Å². The molecule has 1 aromatic carbocycles. The standard InChI is InChI=1S/C13H18NO4P/c15-13-12(7-4-9-14(13)16)19(17,18)10-8-11-5-2-1-3-6-11/h1-3,5-6,12,16H,4,7-10H2,(H,17,18). The number of benzene rings is 1. The van der Waals surface area contributed by atoms with E-state index in [0.29, 0.717) is 24.3 Å². The molecular weight excluding hydrogens is 265 g/mol. The summed E-state index contributed by atoms with van der Waals surface area (Å²) in [5.41, 5.74) is 0.0239. The number of piperidine rings is 1. The monoisotopic (exact) mass is 283 g/mol. The first-order valence-corrected chi connectivity index (χ1v) is 8.28. The van der Waals surface area contributed by atoms with E-state index in [-0.39, 0.29) is 12.7 Å². The Morgan fingerprint density at radius 2 is 2.00 bits per heavy atom. The molecule has 2 N–H and O–H groups in total. The van der Waals surface area contributed by atoms with E-state index >= 15 is 0 Å². The minimum Gasteiger partial charge on any atom is -0.344 e. The maximum absolute atomic E-state index is 12.3. The number of hydrogen-bond donors (Lipinski definition) is 2. The van der Waals surface area contributed by atoms with Crippen molar-refractivity contribution in [2.75, 3.05) is 12.7 Å². The van der Waals surface area contributed by atoms with Gasteiger partial charge in [-0.3, -0.25) is 14.6 Å². The molecule has 0 aromatic heterocycles. The van der Waals surface area contributed by atoms with Crippen molar-refractivity contribution >= 4 is 13.3 Å². The molecule has 1 aromatic rings. The summed E-state index contributed by atoms with van der Waals surface area (Å²) in [6.45, 7) is 0.244. The molecule has 5 nitrogen and oxygen atoms in total. The zero-order valence-corrected chi connectivity index (χ0v) is 11.5. The molecule has 104 valence electrons. The van der Waals surface area contributed by atoms with Gasteiger partial charge in [0.1, 0.15) is 5.66 Å². The Morgan fingerprint density at radius 1 is 1.32 bits per heavy atom. The van der Waals surface area contributed by atoms with Crippen LogP contribution in [0.15, 0.2) is 30.3 Å². The van der Waals surface area contributed by atoms with E-state index in [1.54, 1.807) is 0 Å². The second kappa shape index (κ2) is 5.87. The molecule has 0 aliphatic carbocycles. The van der Waals surface area contributed by atoms with Crippen LogP contribution < -0.4 is 0 Å². The van der Waals surface area contributed by atoms with Crippen molar-refractivity contribution in [3.63, 3.8) is 0 Å². The summed E-state index contributed by atoms with van der Waals surface area (Å²) in [6.07, 6.45) is 1.46. The normalized spacial score (nSPS) is 23.2. The zero-order valence-electron chi connectivity index (χ0n) is 10.6. The lowest BCUT2D eigenvalue weighted by molar-refractivity contribution is -0.169. The molecule has 1 saturated heterocycles. The molecule has 2 rings (SSSR count). The minimum absolute atomic E-state index is 0.0707. The summed E-state index contributed by atoms with van der Waals surface area (Å²) in [4.78, 5) is 21.8. The van der Waals surface area contributed by atoms with E-state index in [1.807, 2.05) is 30.3 Å². The number of rotatable bonds is 4. The first kappa shape index (κ1) is 14.3. The average Bonchev–Trinajstić information content (AvgIpc) is 2.41. The average molecular weight is 283 g/mol. The maximum atomic E-state index is 12.3. The zero-order chi connectivity index (χ0) is 13.9. The highest BCUT2D eigenvalue weighted by Gasteiger charge is 2.40. The van der Waals surface area contributed by atoms with Gasteiger partial charge in [0.2, 0.25) is 7.37 Å². The van der Waals surface area contributed by atoms with Gasteiger partial charge in [-0.05, 0) is 24.8 Å². The van der Waals surface area contributed by atoms with Gasteiger partial charge in [-0.25, -0.2) is 5.06 Å². The fourth-order valence-corrected chi connectivity index (χ4v) is 4.26. The number of amides is 1. The molecule has 0 bridgehead atoms. The van der Waals surface area contributed by atoms with Crippen LogP contribution in [0.2, 0.25) is 0 Å². The topological polar surface area (TPSA) is 77.8 Å². The van der Waals surface area contributed by atoms with E-state index in [2.05, 4.69) is 0 Å². The van der Waals surface area contributed by atoms with Crippen molar-refractivity contribution in [1.29, 1.82) is 0 Å². The molecule has 6 heteroatoms. The van der Waals surface area contributed by atoms with Crippen molar-refractivity contribution in [2.45, 2.75) is 24.9 Å². The van der Waals surface area contributed by atoms with E-state index in [0.717, 1.165) is 5.56 Å². The van der Waals surface area contributed by atoms with E-state index in [1.165, 1.54) is 0 Å². The van der Waals surface area contributed by atoms with Crippen LogP contribution in [-0.2, 0) is 15.8 Å². The van der Waals surface area contributed by atoms with Crippen molar-refractivity contribution in [2.24, 2.45) is 0 Å². The van der Waals surface area contributed by atoms with E-state index < -0.39 is 18.9 Å². The quantitative estimate of drug-likeness (QED) is 0.653.